The van der Waals surface area contributed by atoms with Gasteiger partial charge in [-0.1, -0.05) is 34.1 Å². The van der Waals surface area contributed by atoms with Crippen LogP contribution in [-0.4, -0.2) is 14.4 Å². The minimum atomic E-state index is 0.247. The van der Waals surface area contributed by atoms with Crippen molar-refractivity contribution in [1.82, 2.24) is 19.7 Å². The first-order chi connectivity index (χ1) is 10.1. The third-order valence-electron chi connectivity index (χ3n) is 3.40. The predicted octanol–water partition coefficient (Wildman–Crippen LogP) is 4.11. The quantitative estimate of drug-likeness (QED) is 0.705. The van der Waals surface area contributed by atoms with Crippen molar-refractivity contribution in [3.8, 4) is 0 Å². The average molecular weight is 410 g/mol. The second kappa shape index (κ2) is 6.25. The van der Waals surface area contributed by atoms with E-state index in [1.165, 1.54) is 5.56 Å². The summed E-state index contributed by atoms with van der Waals surface area (Å²) in [5.41, 5.74) is 3.20. The molecule has 6 heteroatoms. The number of rotatable bonds is 4. The van der Waals surface area contributed by atoms with Gasteiger partial charge in [-0.2, -0.15) is 0 Å². The first-order valence-electron chi connectivity index (χ1n) is 6.60. The first kappa shape index (κ1) is 14.7. The Bertz CT molecular complexity index is 769. The van der Waals surface area contributed by atoms with Crippen LogP contribution in [-0.2, 0) is 6.54 Å². The molecule has 0 spiro atoms. The van der Waals surface area contributed by atoms with Crippen LogP contribution < -0.4 is 5.32 Å². The van der Waals surface area contributed by atoms with Crippen LogP contribution >= 0.6 is 31.9 Å². The Balaban J connectivity index is 1.77. The minimum Gasteiger partial charge on any atom is -0.305 e. The molecule has 0 aliphatic heterocycles. The van der Waals surface area contributed by atoms with Gasteiger partial charge in [0.25, 0.3) is 0 Å². The van der Waals surface area contributed by atoms with Gasteiger partial charge in [-0.25, -0.2) is 9.97 Å². The van der Waals surface area contributed by atoms with E-state index in [2.05, 4.69) is 72.3 Å². The Labute approximate surface area is 139 Å². The molecule has 0 radical (unpaired) electrons. The highest BCUT2D eigenvalue weighted by Gasteiger charge is 2.10. The highest BCUT2D eigenvalue weighted by Crippen LogP contribution is 2.23. The number of hydrogen-bond acceptors (Lipinski definition) is 3. The van der Waals surface area contributed by atoms with E-state index in [-0.39, 0.29) is 6.04 Å². The molecular formula is C15H14Br2N4. The number of nitrogens with one attached hydrogen (secondary N) is 1. The molecular weight excluding hydrogens is 396 g/mol. The lowest BCUT2D eigenvalue weighted by molar-refractivity contribution is 0.564. The molecule has 21 heavy (non-hydrogen) atoms. The van der Waals surface area contributed by atoms with Gasteiger partial charge in [0.1, 0.15) is 4.60 Å². The van der Waals surface area contributed by atoms with Gasteiger partial charge in [0.05, 0.1) is 18.1 Å². The van der Waals surface area contributed by atoms with Crippen LogP contribution in [0, 0.1) is 0 Å². The van der Waals surface area contributed by atoms with Gasteiger partial charge in [0, 0.05) is 23.3 Å². The molecule has 0 unspecified atom stereocenters. The number of fused-ring (bicyclic) bond motifs is 1. The molecule has 3 rings (SSSR count). The molecule has 2 aromatic heterocycles. The summed E-state index contributed by atoms with van der Waals surface area (Å²) in [6.07, 6.45) is 5.57. The molecule has 0 saturated carbocycles. The van der Waals surface area contributed by atoms with E-state index >= 15 is 0 Å². The molecule has 108 valence electrons. The van der Waals surface area contributed by atoms with E-state index in [9.17, 15) is 0 Å². The zero-order chi connectivity index (χ0) is 14.8. The predicted molar refractivity (Wildman–Crippen MR) is 90.1 cm³/mol. The van der Waals surface area contributed by atoms with E-state index in [0.717, 1.165) is 27.0 Å². The van der Waals surface area contributed by atoms with Gasteiger partial charge in [-0.3, -0.25) is 4.40 Å². The van der Waals surface area contributed by atoms with Gasteiger partial charge in [0.2, 0.25) is 0 Å². The van der Waals surface area contributed by atoms with Crippen LogP contribution in [0.3, 0.4) is 0 Å². The summed E-state index contributed by atoms with van der Waals surface area (Å²) in [4.78, 5) is 8.54. The maximum atomic E-state index is 4.36. The highest BCUT2D eigenvalue weighted by molar-refractivity contribution is 9.10. The van der Waals surface area contributed by atoms with E-state index in [1.54, 1.807) is 6.20 Å². The molecule has 2 heterocycles. The zero-order valence-electron chi connectivity index (χ0n) is 11.4. The lowest BCUT2D eigenvalue weighted by atomic mass is 10.1. The molecule has 0 saturated heterocycles. The Morgan fingerprint density at radius 3 is 2.81 bits per heavy atom. The van der Waals surface area contributed by atoms with Crippen molar-refractivity contribution in [2.45, 2.75) is 19.5 Å². The number of imidazole rings is 1. The molecule has 0 fully saturated rings. The number of halogens is 2. The van der Waals surface area contributed by atoms with Gasteiger partial charge in [-0.05, 0) is 34.5 Å². The standard InChI is InChI=1S/C15H14Br2N4/c1-10(12-4-2-3-5-13(12)16)18-6-11-7-20-15-8-19-14(17)9-21(11)15/h2-5,7-10,18H,6H2,1H3/t10-/m0/s1. The van der Waals surface area contributed by atoms with Crippen molar-refractivity contribution in [2.24, 2.45) is 0 Å². The van der Waals surface area contributed by atoms with Gasteiger partial charge < -0.3 is 5.32 Å². The Morgan fingerprint density at radius 2 is 2.00 bits per heavy atom. The SMILES string of the molecule is C[C@H](NCc1cnc2cnc(Br)cn12)c1ccccc1Br. The fourth-order valence-corrected chi connectivity index (χ4v) is 3.18. The summed E-state index contributed by atoms with van der Waals surface area (Å²) in [5.74, 6) is 0. The highest BCUT2D eigenvalue weighted by atomic mass is 79.9. The molecule has 0 bridgehead atoms. The molecule has 0 aliphatic rings. The number of aromatic nitrogens is 3. The van der Waals surface area contributed by atoms with Crippen LogP contribution in [0.25, 0.3) is 5.65 Å². The maximum absolute atomic E-state index is 4.36. The summed E-state index contributed by atoms with van der Waals surface area (Å²) in [6.45, 7) is 2.89. The largest absolute Gasteiger partial charge is 0.305 e. The second-order valence-corrected chi connectivity index (χ2v) is 6.48. The molecule has 1 aromatic carbocycles. The topological polar surface area (TPSA) is 42.2 Å². The smallest absolute Gasteiger partial charge is 0.155 e. The number of hydrogen-bond donors (Lipinski definition) is 1. The fraction of sp³-hybridized carbons (Fsp3) is 0.200. The molecule has 3 aromatic rings. The van der Waals surface area contributed by atoms with Crippen molar-refractivity contribution in [1.29, 1.82) is 0 Å². The normalized spacial score (nSPS) is 12.7. The summed E-state index contributed by atoms with van der Waals surface area (Å²) in [5, 5.41) is 3.53. The van der Waals surface area contributed by atoms with Crippen LogP contribution in [0.15, 0.2) is 51.9 Å². The summed E-state index contributed by atoms with van der Waals surface area (Å²) in [6, 6.07) is 8.50. The fourth-order valence-electron chi connectivity index (χ4n) is 2.24. The monoisotopic (exact) mass is 408 g/mol. The lowest BCUT2D eigenvalue weighted by Gasteiger charge is -2.15. The average Bonchev–Trinajstić information content (AvgIpc) is 2.87. The van der Waals surface area contributed by atoms with Crippen LogP contribution in [0.1, 0.15) is 24.2 Å². The minimum absolute atomic E-state index is 0.247. The van der Waals surface area contributed by atoms with Gasteiger partial charge >= 0.3 is 0 Å². The van der Waals surface area contributed by atoms with Gasteiger partial charge in [-0.15, -0.1) is 0 Å². The second-order valence-electron chi connectivity index (χ2n) is 4.81. The Morgan fingerprint density at radius 1 is 1.19 bits per heavy atom. The summed E-state index contributed by atoms with van der Waals surface area (Å²) >= 11 is 6.98. The molecule has 1 atom stereocenters. The molecule has 1 N–H and O–H groups in total. The molecule has 0 aliphatic carbocycles. The summed E-state index contributed by atoms with van der Waals surface area (Å²) in [7, 11) is 0. The Hall–Kier alpha value is -1.24. The van der Waals surface area contributed by atoms with E-state index < -0.39 is 0 Å². The number of nitrogens with zero attached hydrogens (tertiary/aromatic N) is 3. The van der Waals surface area contributed by atoms with Crippen molar-refractivity contribution < 1.29 is 0 Å². The van der Waals surface area contributed by atoms with Crippen molar-refractivity contribution in [2.75, 3.05) is 0 Å². The van der Waals surface area contributed by atoms with E-state index in [0.29, 0.717) is 0 Å². The van der Waals surface area contributed by atoms with Crippen LogP contribution in [0.2, 0.25) is 0 Å². The van der Waals surface area contributed by atoms with Gasteiger partial charge in [0.15, 0.2) is 5.65 Å². The molecule has 4 nitrogen and oxygen atoms in total. The van der Waals surface area contributed by atoms with Crippen LogP contribution in [0.5, 0.6) is 0 Å². The van der Waals surface area contributed by atoms with Crippen molar-refractivity contribution in [3.63, 3.8) is 0 Å². The van der Waals surface area contributed by atoms with E-state index in [1.807, 2.05) is 22.9 Å². The first-order valence-corrected chi connectivity index (χ1v) is 8.19. The van der Waals surface area contributed by atoms with Crippen molar-refractivity contribution in [3.05, 3.63) is 63.2 Å². The Kier molecular flexibility index (Phi) is 4.37. The lowest BCUT2D eigenvalue weighted by Crippen LogP contribution is -2.19. The summed E-state index contributed by atoms with van der Waals surface area (Å²) < 4.78 is 3.96. The van der Waals surface area contributed by atoms with E-state index in [4.69, 9.17) is 0 Å². The maximum Gasteiger partial charge on any atom is 0.155 e. The third kappa shape index (κ3) is 3.17. The molecule has 0 amide bonds. The van der Waals surface area contributed by atoms with Crippen molar-refractivity contribution >= 4 is 37.5 Å². The third-order valence-corrected chi connectivity index (χ3v) is 4.53. The van der Waals surface area contributed by atoms with Crippen LogP contribution in [0.4, 0.5) is 0 Å². The number of benzene rings is 1. The zero-order valence-corrected chi connectivity index (χ0v) is 14.6.